The van der Waals surface area contributed by atoms with Crippen molar-refractivity contribution in [3.8, 4) is 0 Å². The Balaban J connectivity index is 1.63. The van der Waals surface area contributed by atoms with E-state index in [1.54, 1.807) is 0 Å². The zero-order valence-corrected chi connectivity index (χ0v) is 12.7. The molecular formula is C16H25N3O2. The molecule has 2 saturated heterocycles. The molecule has 0 radical (unpaired) electrons. The highest BCUT2D eigenvalue weighted by Gasteiger charge is 2.33. The van der Waals surface area contributed by atoms with Gasteiger partial charge in [-0.15, -0.1) is 10.2 Å². The van der Waals surface area contributed by atoms with Crippen molar-refractivity contribution >= 4 is 0 Å². The minimum Gasteiger partial charge on any atom is -0.381 e. The van der Waals surface area contributed by atoms with Crippen LogP contribution in [0.2, 0.25) is 0 Å². The van der Waals surface area contributed by atoms with E-state index >= 15 is 0 Å². The molecule has 1 aromatic heterocycles. The summed E-state index contributed by atoms with van der Waals surface area (Å²) in [6, 6.07) is 0. The van der Waals surface area contributed by atoms with Crippen LogP contribution in [0.25, 0.3) is 0 Å². The first-order valence-electron chi connectivity index (χ1n) is 8.56. The number of ether oxygens (including phenoxy) is 2. The van der Waals surface area contributed by atoms with Crippen molar-refractivity contribution in [1.82, 2.24) is 14.8 Å². The third kappa shape index (κ3) is 2.61. The molecule has 0 N–H and O–H groups in total. The van der Waals surface area contributed by atoms with Crippen LogP contribution in [-0.4, -0.2) is 34.6 Å². The van der Waals surface area contributed by atoms with Gasteiger partial charge in [-0.25, -0.2) is 0 Å². The van der Waals surface area contributed by atoms with Crippen LogP contribution in [0.1, 0.15) is 68.6 Å². The van der Waals surface area contributed by atoms with E-state index in [-0.39, 0.29) is 6.10 Å². The summed E-state index contributed by atoms with van der Waals surface area (Å²) >= 11 is 0. The summed E-state index contributed by atoms with van der Waals surface area (Å²) in [5, 5.41) is 9.13. The van der Waals surface area contributed by atoms with Crippen LogP contribution in [0.3, 0.4) is 0 Å². The average Bonchev–Trinajstić information content (AvgIpc) is 3.14. The molecule has 116 valence electrons. The van der Waals surface area contributed by atoms with E-state index in [0.717, 1.165) is 50.9 Å². The maximum Gasteiger partial charge on any atom is 0.162 e. The number of aromatic nitrogens is 3. The van der Waals surface area contributed by atoms with Gasteiger partial charge in [-0.1, -0.05) is 6.42 Å². The van der Waals surface area contributed by atoms with Crippen LogP contribution in [0.5, 0.6) is 0 Å². The summed E-state index contributed by atoms with van der Waals surface area (Å²) in [5.41, 5.74) is 0. The van der Waals surface area contributed by atoms with E-state index in [4.69, 9.17) is 9.47 Å². The quantitative estimate of drug-likeness (QED) is 0.840. The van der Waals surface area contributed by atoms with Crippen LogP contribution in [-0.2, 0) is 16.0 Å². The minimum absolute atomic E-state index is 0.180. The van der Waals surface area contributed by atoms with Crippen LogP contribution in [0.15, 0.2) is 0 Å². The molecule has 0 bridgehead atoms. The van der Waals surface area contributed by atoms with Crippen molar-refractivity contribution in [2.24, 2.45) is 5.92 Å². The molecule has 1 aromatic rings. The van der Waals surface area contributed by atoms with Gasteiger partial charge in [0, 0.05) is 32.3 Å². The first-order valence-corrected chi connectivity index (χ1v) is 8.56. The Kier molecular flexibility index (Phi) is 3.95. The van der Waals surface area contributed by atoms with Crippen LogP contribution in [0, 0.1) is 5.92 Å². The number of nitrogens with zero attached hydrogens (tertiary/aromatic N) is 3. The summed E-state index contributed by atoms with van der Waals surface area (Å²) in [4.78, 5) is 0. The maximum atomic E-state index is 5.84. The monoisotopic (exact) mass is 291 g/mol. The molecule has 5 heteroatoms. The molecular weight excluding hydrogens is 266 g/mol. The lowest BCUT2D eigenvalue weighted by Crippen LogP contribution is -2.24. The van der Waals surface area contributed by atoms with Crippen molar-refractivity contribution in [2.75, 3.05) is 19.8 Å². The molecule has 2 fully saturated rings. The molecule has 0 aliphatic carbocycles. The fourth-order valence-corrected chi connectivity index (χ4v) is 4.18. The van der Waals surface area contributed by atoms with Crippen LogP contribution >= 0.6 is 0 Å². The Morgan fingerprint density at radius 1 is 0.857 bits per heavy atom. The van der Waals surface area contributed by atoms with Crippen molar-refractivity contribution in [1.29, 1.82) is 0 Å². The normalized spacial score (nSPS) is 31.0. The zero-order chi connectivity index (χ0) is 14.1. The highest BCUT2D eigenvalue weighted by molar-refractivity contribution is 5.08. The van der Waals surface area contributed by atoms with Gasteiger partial charge in [-0.2, -0.15) is 0 Å². The van der Waals surface area contributed by atoms with Gasteiger partial charge < -0.3 is 14.0 Å². The van der Waals surface area contributed by atoms with Crippen molar-refractivity contribution in [3.05, 3.63) is 11.6 Å². The topological polar surface area (TPSA) is 49.2 Å². The molecule has 3 aliphatic rings. The number of hydrogen-bond donors (Lipinski definition) is 0. The summed E-state index contributed by atoms with van der Waals surface area (Å²) in [6.07, 6.45) is 8.57. The van der Waals surface area contributed by atoms with Gasteiger partial charge in [0.25, 0.3) is 0 Å². The molecule has 21 heavy (non-hydrogen) atoms. The molecule has 3 aliphatic heterocycles. The SMILES string of the molecule is C1CCn2c(nnc2[C@H]2CCCO2)C(C2CCOCC2)C1. The Labute approximate surface area is 126 Å². The number of hydrogen-bond acceptors (Lipinski definition) is 4. The number of fused-ring (bicyclic) bond motifs is 1. The van der Waals surface area contributed by atoms with Crippen molar-refractivity contribution in [2.45, 2.75) is 63.5 Å². The molecule has 0 spiro atoms. The first kappa shape index (κ1) is 13.7. The first-order chi connectivity index (χ1) is 10.4. The highest BCUT2D eigenvalue weighted by Crippen LogP contribution is 2.39. The Hall–Kier alpha value is -0.940. The Morgan fingerprint density at radius 3 is 2.52 bits per heavy atom. The summed E-state index contributed by atoms with van der Waals surface area (Å²) in [5.74, 6) is 3.60. The van der Waals surface area contributed by atoms with Crippen LogP contribution in [0.4, 0.5) is 0 Å². The fourth-order valence-electron chi connectivity index (χ4n) is 4.18. The second-order valence-corrected chi connectivity index (χ2v) is 6.62. The van der Waals surface area contributed by atoms with E-state index in [1.807, 2.05) is 0 Å². The molecule has 4 rings (SSSR count). The predicted molar refractivity (Wildman–Crippen MR) is 78.1 cm³/mol. The molecule has 2 atom stereocenters. The highest BCUT2D eigenvalue weighted by atomic mass is 16.5. The average molecular weight is 291 g/mol. The standard InChI is InChI=1S/C16H25N3O2/c1-2-8-19-15(13(4-1)12-6-10-20-11-7-12)17-18-16(19)14-5-3-9-21-14/h12-14H,1-11H2/t13?,14-/m1/s1. The molecule has 5 nitrogen and oxygen atoms in total. The predicted octanol–water partition coefficient (Wildman–Crippen LogP) is 2.82. The van der Waals surface area contributed by atoms with Gasteiger partial charge in [-0.3, -0.25) is 0 Å². The summed E-state index contributed by atoms with van der Waals surface area (Å²) < 4.78 is 13.8. The van der Waals surface area contributed by atoms with E-state index in [9.17, 15) is 0 Å². The number of rotatable bonds is 2. The van der Waals surface area contributed by atoms with Gasteiger partial charge in [0.15, 0.2) is 5.82 Å². The minimum atomic E-state index is 0.180. The molecule has 0 amide bonds. The lowest BCUT2D eigenvalue weighted by Gasteiger charge is -2.29. The van der Waals surface area contributed by atoms with Gasteiger partial charge in [-0.05, 0) is 44.4 Å². The summed E-state index contributed by atoms with van der Waals surface area (Å²) in [6.45, 7) is 3.76. The summed E-state index contributed by atoms with van der Waals surface area (Å²) in [7, 11) is 0. The third-order valence-electron chi connectivity index (χ3n) is 5.34. The molecule has 4 heterocycles. The Morgan fingerprint density at radius 2 is 1.71 bits per heavy atom. The molecule has 0 saturated carbocycles. The zero-order valence-electron chi connectivity index (χ0n) is 12.7. The lowest BCUT2D eigenvalue weighted by molar-refractivity contribution is 0.0555. The van der Waals surface area contributed by atoms with Gasteiger partial charge in [0.2, 0.25) is 0 Å². The second kappa shape index (κ2) is 6.05. The van der Waals surface area contributed by atoms with E-state index in [0.29, 0.717) is 5.92 Å². The largest absolute Gasteiger partial charge is 0.381 e. The smallest absolute Gasteiger partial charge is 0.162 e. The Bertz CT molecular complexity index is 476. The maximum absolute atomic E-state index is 5.84. The van der Waals surface area contributed by atoms with E-state index < -0.39 is 0 Å². The van der Waals surface area contributed by atoms with E-state index in [1.165, 1.54) is 37.9 Å². The van der Waals surface area contributed by atoms with E-state index in [2.05, 4.69) is 14.8 Å². The lowest BCUT2D eigenvalue weighted by atomic mass is 9.82. The van der Waals surface area contributed by atoms with Gasteiger partial charge in [0.05, 0.1) is 0 Å². The molecule has 1 unspecified atom stereocenters. The van der Waals surface area contributed by atoms with Crippen LogP contribution < -0.4 is 0 Å². The van der Waals surface area contributed by atoms with Gasteiger partial charge >= 0.3 is 0 Å². The van der Waals surface area contributed by atoms with Crippen molar-refractivity contribution in [3.63, 3.8) is 0 Å². The van der Waals surface area contributed by atoms with Gasteiger partial charge in [0.1, 0.15) is 11.9 Å². The molecule has 0 aromatic carbocycles. The second-order valence-electron chi connectivity index (χ2n) is 6.62. The fraction of sp³-hybridized carbons (Fsp3) is 0.875. The van der Waals surface area contributed by atoms with Crippen molar-refractivity contribution < 1.29 is 9.47 Å². The third-order valence-corrected chi connectivity index (χ3v) is 5.34.